The lowest BCUT2D eigenvalue weighted by molar-refractivity contribution is 0.0378. The fourth-order valence-electron chi connectivity index (χ4n) is 0.770. The van der Waals surface area contributed by atoms with Crippen molar-refractivity contribution in [3.8, 4) is 0 Å². The predicted octanol–water partition coefficient (Wildman–Crippen LogP) is 1.65. The average molecular weight is 165 g/mol. The minimum absolute atomic E-state index is 0.0781. The quantitative estimate of drug-likeness (QED) is 0.625. The zero-order valence-corrected chi connectivity index (χ0v) is 7.15. The van der Waals surface area contributed by atoms with Crippen molar-refractivity contribution in [2.75, 3.05) is 0 Å². The van der Waals surface area contributed by atoms with Gasteiger partial charge in [-0.15, -0.1) is 0 Å². The van der Waals surface area contributed by atoms with E-state index in [1.54, 1.807) is 24.5 Å². The summed E-state index contributed by atoms with van der Waals surface area (Å²) in [6.45, 7) is 3.64. The number of pyridine rings is 1. The Bertz CT molecular complexity index is 256. The molecule has 0 aromatic carbocycles. The molecule has 0 atom stereocenters. The first-order valence-electron chi connectivity index (χ1n) is 3.81. The highest BCUT2D eigenvalue weighted by atomic mass is 16.5. The number of aromatic nitrogens is 1. The van der Waals surface area contributed by atoms with E-state index in [4.69, 9.17) is 4.74 Å². The summed E-state index contributed by atoms with van der Waals surface area (Å²) < 4.78 is 4.97. The normalized spacial score (nSPS) is 9.92. The van der Waals surface area contributed by atoms with Gasteiger partial charge >= 0.3 is 5.97 Å². The van der Waals surface area contributed by atoms with Gasteiger partial charge in [0.2, 0.25) is 0 Å². The number of carbonyl (C=O) groups excluding carboxylic acids is 1. The van der Waals surface area contributed by atoms with Crippen molar-refractivity contribution in [1.82, 2.24) is 4.98 Å². The minimum atomic E-state index is -0.299. The molecular formula is C9H11NO2. The van der Waals surface area contributed by atoms with Crippen LogP contribution in [-0.2, 0) is 4.74 Å². The van der Waals surface area contributed by atoms with E-state index >= 15 is 0 Å². The van der Waals surface area contributed by atoms with Crippen LogP contribution in [0.15, 0.2) is 24.5 Å². The minimum Gasteiger partial charge on any atom is -0.459 e. The van der Waals surface area contributed by atoms with Gasteiger partial charge in [-0.3, -0.25) is 4.98 Å². The number of hydrogen-bond acceptors (Lipinski definition) is 3. The SMILES string of the molecule is CC(C)OC(=O)c1ccncc1. The summed E-state index contributed by atoms with van der Waals surface area (Å²) >= 11 is 0. The van der Waals surface area contributed by atoms with Crippen molar-refractivity contribution >= 4 is 5.97 Å². The third-order valence-corrected chi connectivity index (χ3v) is 1.26. The lowest BCUT2D eigenvalue weighted by Crippen LogP contribution is -2.11. The molecule has 1 aromatic rings. The highest BCUT2D eigenvalue weighted by molar-refractivity contribution is 5.89. The summed E-state index contributed by atoms with van der Waals surface area (Å²) in [5, 5.41) is 0. The molecule has 0 aliphatic heterocycles. The average Bonchev–Trinajstić information content (AvgIpc) is 2.05. The summed E-state index contributed by atoms with van der Waals surface area (Å²) in [5.74, 6) is -0.299. The molecule has 0 bridgehead atoms. The van der Waals surface area contributed by atoms with E-state index in [0.29, 0.717) is 5.56 Å². The standard InChI is InChI=1S/C9H11NO2/c1-7(2)12-9(11)8-3-5-10-6-4-8/h3-7H,1-2H3. The topological polar surface area (TPSA) is 39.2 Å². The van der Waals surface area contributed by atoms with Gasteiger partial charge in [-0.25, -0.2) is 4.79 Å². The second-order valence-corrected chi connectivity index (χ2v) is 2.69. The van der Waals surface area contributed by atoms with Crippen molar-refractivity contribution in [3.63, 3.8) is 0 Å². The molecule has 1 heterocycles. The molecule has 12 heavy (non-hydrogen) atoms. The molecule has 3 heteroatoms. The van der Waals surface area contributed by atoms with Gasteiger partial charge in [-0.2, -0.15) is 0 Å². The smallest absolute Gasteiger partial charge is 0.338 e. The molecule has 1 aromatic heterocycles. The van der Waals surface area contributed by atoms with Crippen molar-refractivity contribution < 1.29 is 9.53 Å². The number of hydrogen-bond donors (Lipinski definition) is 0. The number of rotatable bonds is 2. The molecule has 0 saturated carbocycles. The maximum absolute atomic E-state index is 11.2. The maximum Gasteiger partial charge on any atom is 0.338 e. The van der Waals surface area contributed by atoms with Crippen molar-refractivity contribution in [2.45, 2.75) is 20.0 Å². The molecule has 0 N–H and O–H groups in total. The van der Waals surface area contributed by atoms with Gasteiger partial charge in [-0.1, -0.05) is 0 Å². The van der Waals surface area contributed by atoms with Gasteiger partial charge < -0.3 is 4.74 Å². The number of ether oxygens (including phenoxy) is 1. The Balaban J connectivity index is 2.66. The van der Waals surface area contributed by atoms with Crippen LogP contribution in [0.2, 0.25) is 0 Å². The summed E-state index contributed by atoms with van der Waals surface area (Å²) in [7, 11) is 0. The van der Waals surface area contributed by atoms with E-state index in [0.717, 1.165) is 0 Å². The molecule has 0 aliphatic carbocycles. The molecule has 0 spiro atoms. The fourth-order valence-corrected chi connectivity index (χ4v) is 0.770. The van der Waals surface area contributed by atoms with Gasteiger partial charge in [0, 0.05) is 12.4 Å². The van der Waals surface area contributed by atoms with E-state index in [1.165, 1.54) is 0 Å². The van der Waals surface area contributed by atoms with Crippen LogP contribution in [-0.4, -0.2) is 17.1 Å². The molecule has 0 saturated heterocycles. The van der Waals surface area contributed by atoms with Crippen LogP contribution >= 0.6 is 0 Å². The lowest BCUT2D eigenvalue weighted by atomic mass is 10.3. The molecule has 3 nitrogen and oxygen atoms in total. The monoisotopic (exact) mass is 165 g/mol. The second-order valence-electron chi connectivity index (χ2n) is 2.69. The molecule has 0 fully saturated rings. The van der Waals surface area contributed by atoms with Crippen LogP contribution in [0.25, 0.3) is 0 Å². The highest BCUT2D eigenvalue weighted by Gasteiger charge is 2.07. The molecule has 0 amide bonds. The van der Waals surface area contributed by atoms with Crippen LogP contribution < -0.4 is 0 Å². The van der Waals surface area contributed by atoms with Crippen molar-refractivity contribution in [1.29, 1.82) is 0 Å². The van der Waals surface area contributed by atoms with Gasteiger partial charge in [0.15, 0.2) is 0 Å². The summed E-state index contributed by atoms with van der Waals surface area (Å²) in [5.41, 5.74) is 0.540. The lowest BCUT2D eigenvalue weighted by Gasteiger charge is -2.06. The number of carbonyl (C=O) groups is 1. The van der Waals surface area contributed by atoms with E-state index in [9.17, 15) is 4.79 Å². The number of esters is 1. The van der Waals surface area contributed by atoms with Gasteiger partial charge in [-0.05, 0) is 26.0 Å². The predicted molar refractivity (Wildman–Crippen MR) is 44.8 cm³/mol. The van der Waals surface area contributed by atoms with Crippen LogP contribution in [0.1, 0.15) is 24.2 Å². The van der Waals surface area contributed by atoms with Crippen molar-refractivity contribution in [2.24, 2.45) is 0 Å². The van der Waals surface area contributed by atoms with Crippen LogP contribution in [0.3, 0.4) is 0 Å². The number of nitrogens with zero attached hydrogens (tertiary/aromatic N) is 1. The molecule has 0 unspecified atom stereocenters. The Morgan fingerprint density at radius 3 is 2.50 bits per heavy atom. The zero-order valence-electron chi connectivity index (χ0n) is 7.15. The van der Waals surface area contributed by atoms with Crippen molar-refractivity contribution in [3.05, 3.63) is 30.1 Å². The Kier molecular flexibility index (Phi) is 2.80. The summed E-state index contributed by atoms with van der Waals surface area (Å²) in [6.07, 6.45) is 3.05. The van der Waals surface area contributed by atoms with Gasteiger partial charge in [0.05, 0.1) is 11.7 Å². The molecule has 1 rings (SSSR count). The van der Waals surface area contributed by atoms with E-state index in [1.807, 2.05) is 13.8 Å². The third kappa shape index (κ3) is 2.34. The van der Waals surface area contributed by atoms with Gasteiger partial charge in [0.1, 0.15) is 0 Å². The van der Waals surface area contributed by atoms with Crippen LogP contribution in [0, 0.1) is 0 Å². The van der Waals surface area contributed by atoms with Crippen LogP contribution in [0.5, 0.6) is 0 Å². The molecule has 0 aliphatic rings. The Hall–Kier alpha value is -1.38. The first-order chi connectivity index (χ1) is 5.70. The molecule has 0 radical (unpaired) electrons. The third-order valence-electron chi connectivity index (χ3n) is 1.26. The first-order valence-corrected chi connectivity index (χ1v) is 3.81. The largest absolute Gasteiger partial charge is 0.459 e. The Labute approximate surface area is 71.4 Å². The van der Waals surface area contributed by atoms with E-state index in [-0.39, 0.29) is 12.1 Å². The zero-order chi connectivity index (χ0) is 8.97. The summed E-state index contributed by atoms with van der Waals surface area (Å²) in [4.78, 5) is 15.0. The first kappa shape index (κ1) is 8.71. The Morgan fingerprint density at radius 1 is 1.42 bits per heavy atom. The maximum atomic E-state index is 11.2. The molecular weight excluding hydrogens is 154 g/mol. The fraction of sp³-hybridized carbons (Fsp3) is 0.333. The van der Waals surface area contributed by atoms with Crippen LogP contribution in [0.4, 0.5) is 0 Å². The molecule has 64 valence electrons. The van der Waals surface area contributed by atoms with E-state index < -0.39 is 0 Å². The highest BCUT2D eigenvalue weighted by Crippen LogP contribution is 2.01. The van der Waals surface area contributed by atoms with Gasteiger partial charge in [0.25, 0.3) is 0 Å². The van der Waals surface area contributed by atoms with E-state index in [2.05, 4.69) is 4.98 Å². The summed E-state index contributed by atoms with van der Waals surface area (Å²) in [6, 6.07) is 3.26. The second kappa shape index (κ2) is 3.85. The Morgan fingerprint density at radius 2 is 2.00 bits per heavy atom.